The Morgan fingerprint density at radius 3 is 2.51 bits per heavy atom. The summed E-state index contributed by atoms with van der Waals surface area (Å²) in [6.07, 6.45) is 3.86. The molecule has 1 fully saturated rings. The lowest BCUT2D eigenvalue weighted by molar-refractivity contribution is 0.0999. The van der Waals surface area contributed by atoms with Gasteiger partial charge in [0.1, 0.15) is 29.0 Å². The number of hydrogen-bond donors (Lipinski definition) is 3. The van der Waals surface area contributed by atoms with E-state index in [-0.39, 0.29) is 36.1 Å². The van der Waals surface area contributed by atoms with Crippen LogP contribution in [0.2, 0.25) is 0 Å². The smallest absolute Gasteiger partial charge is 0.407 e. The lowest BCUT2D eigenvalue weighted by Crippen LogP contribution is -2.40. The number of fused-ring (bicyclic) bond motifs is 1. The SMILES string of the molecule is NC(=O)c1cnc(On2nnc3ccccc32)nc1N[C@H]1CC[C@@H](NC(=O)OCc2ccccc2)CC1. The highest BCUT2D eigenvalue weighted by molar-refractivity contribution is 5.97. The zero-order chi connectivity index (χ0) is 25.6. The number of carbonyl (C=O) groups excluding carboxylic acids is 2. The topological polar surface area (TPSA) is 159 Å². The largest absolute Gasteiger partial charge is 0.445 e. The molecule has 2 amide bonds. The monoisotopic (exact) mass is 502 g/mol. The second kappa shape index (κ2) is 10.9. The quantitative estimate of drug-likeness (QED) is 0.329. The van der Waals surface area contributed by atoms with Crippen molar-refractivity contribution in [1.29, 1.82) is 0 Å². The molecule has 4 N–H and O–H groups in total. The van der Waals surface area contributed by atoms with E-state index in [1.807, 2.05) is 42.5 Å². The Balaban J connectivity index is 1.17. The van der Waals surface area contributed by atoms with Gasteiger partial charge in [-0.25, -0.2) is 9.78 Å². The van der Waals surface area contributed by atoms with Crippen molar-refractivity contribution >= 4 is 28.9 Å². The molecule has 0 saturated heterocycles. The van der Waals surface area contributed by atoms with Gasteiger partial charge in [-0.05, 0) is 48.6 Å². The Morgan fingerprint density at radius 2 is 1.73 bits per heavy atom. The van der Waals surface area contributed by atoms with E-state index < -0.39 is 12.0 Å². The van der Waals surface area contributed by atoms with Crippen LogP contribution in [0.25, 0.3) is 11.0 Å². The van der Waals surface area contributed by atoms with Gasteiger partial charge in [-0.3, -0.25) is 4.79 Å². The lowest BCUT2D eigenvalue weighted by Gasteiger charge is -2.30. The van der Waals surface area contributed by atoms with E-state index >= 15 is 0 Å². The van der Waals surface area contributed by atoms with Gasteiger partial charge in [0.05, 0.1) is 0 Å². The van der Waals surface area contributed by atoms with Gasteiger partial charge in [-0.2, -0.15) is 4.98 Å². The fourth-order valence-electron chi connectivity index (χ4n) is 4.20. The number of nitrogens with zero attached hydrogens (tertiary/aromatic N) is 5. The fourth-order valence-corrected chi connectivity index (χ4v) is 4.20. The standard InChI is InChI=1S/C25H26N8O4/c26-22(34)19-14-27-24(37-33-21-9-5-4-8-20(21)31-32-33)30-23(19)28-17-10-12-18(13-11-17)29-25(35)36-15-16-6-2-1-3-7-16/h1-9,14,17-18H,10-13,15H2,(H2,26,34)(H,29,35)(H,27,28,30)/t17-,18+. The minimum atomic E-state index is -0.656. The molecule has 2 aromatic heterocycles. The van der Waals surface area contributed by atoms with Crippen LogP contribution in [0, 0.1) is 0 Å². The van der Waals surface area contributed by atoms with E-state index in [9.17, 15) is 9.59 Å². The number of hydrogen-bond acceptors (Lipinski definition) is 9. The molecular formula is C25H26N8O4. The second-order valence-corrected chi connectivity index (χ2v) is 8.72. The molecule has 1 aliphatic carbocycles. The van der Waals surface area contributed by atoms with Crippen LogP contribution in [0.4, 0.5) is 10.6 Å². The average molecular weight is 503 g/mol. The van der Waals surface area contributed by atoms with Crippen molar-refractivity contribution in [2.45, 2.75) is 44.4 Å². The van der Waals surface area contributed by atoms with Gasteiger partial charge in [0.25, 0.3) is 5.91 Å². The molecule has 0 radical (unpaired) electrons. The molecule has 12 nitrogen and oxygen atoms in total. The summed E-state index contributed by atoms with van der Waals surface area (Å²) in [6.45, 7) is 0.224. The summed E-state index contributed by atoms with van der Waals surface area (Å²) in [4.78, 5) is 39.5. The first-order valence-electron chi connectivity index (χ1n) is 11.9. The van der Waals surface area contributed by atoms with Gasteiger partial charge in [0.15, 0.2) is 0 Å². The molecule has 190 valence electrons. The van der Waals surface area contributed by atoms with Gasteiger partial charge >= 0.3 is 12.1 Å². The van der Waals surface area contributed by atoms with Crippen LogP contribution in [0.5, 0.6) is 6.01 Å². The van der Waals surface area contributed by atoms with Crippen LogP contribution in [0.1, 0.15) is 41.6 Å². The maximum atomic E-state index is 12.2. The van der Waals surface area contributed by atoms with Crippen molar-refractivity contribution in [3.8, 4) is 6.01 Å². The summed E-state index contributed by atoms with van der Waals surface area (Å²) in [5, 5.41) is 14.2. The first kappa shape index (κ1) is 24.0. The fraction of sp³-hybridized carbons (Fsp3) is 0.280. The number of amides is 2. The Bertz CT molecular complexity index is 1390. The molecular weight excluding hydrogens is 476 g/mol. The lowest BCUT2D eigenvalue weighted by atomic mass is 9.91. The van der Waals surface area contributed by atoms with Gasteiger partial charge in [-0.15, -0.1) is 5.10 Å². The van der Waals surface area contributed by atoms with E-state index in [2.05, 4.69) is 30.9 Å². The predicted molar refractivity (Wildman–Crippen MR) is 134 cm³/mol. The van der Waals surface area contributed by atoms with Crippen molar-refractivity contribution in [2.24, 2.45) is 5.73 Å². The third-order valence-electron chi connectivity index (χ3n) is 6.12. The first-order valence-corrected chi connectivity index (χ1v) is 11.9. The third kappa shape index (κ3) is 5.92. The molecule has 0 spiro atoms. The summed E-state index contributed by atoms with van der Waals surface area (Å²) in [7, 11) is 0. The van der Waals surface area contributed by atoms with Crippen LogP contribution in [0.15, 0.2) is 60.8 Å². The Hall–Kier alpha value is -4.74. The van der Waals surface area contributed by atoms with Crippen LogP contribution in [-0.4, -0.2) is 49.2 Å². The number of carbonyl (C=O) groups is 2. The first-order chi connectivity index (χ1) is 18.0. The molecule has 2 aromatic carbocycles. The molecule has 0 aliphatic heterocycles. The number of rotatable bonds is 8. The van der Waals surface area contributed by atoms with Crippen molar-refractivity contribution < 1.29 is 19.2 Å². The van der Waals surface area contributed by atoms with Crippen LogP contribution in [0.3, 0.4) is 0 Å². The van der Waals surface area contributed by atoms with Crippen LogP contribution in [-0.2, 0) is 11.3 Å². The molecule has 2 heterocycles. The van der Waals surface area contributed by atoms with Crippen LogP contribution >= 0.6 is 0 Å². The number of benzene rings is 2. The number of ether oxygens (including phenoxy) is 1. The number of anilines is 1. The summed E-state index contributed by atoms with van der Waals surface area (Å²) < 4.78 is 5.32. The Morgan fingerprint density at radius 1 is 1.00 bits per heavy atom. The number of para-hydroxylation sites is 1. The molecule has 1 saturated carbocycles. The normalized spacial score (nSPS) is 17.2. The van der Waals surface area contributed by atoms with Gasteiger partial charge < -0.3 is 25.9 Å². The Labute approximate surface area is 212 Å². The molecule has 12 heteroatoms. The maximum absolute atomic E-state index is 12.2. The van der Waals surface area contributed by atoms with E-state index in [0.717, 1.165) is 31.2 Å². The van der Waals surface area contributed by atoms with Crippen molar-refractivity contribution in [3.63, 3.8) is 0 Å². The molecule has 5 rings (SSSR count). The highest BCUT2D eigenvalue weighted by Gasteiger charge is 2.25. The summed E-state index contributed by atoms with van der Waals surface area (Å²) >= 11 is 0. The highest BCUT2D eigenvalue weighted by Crippen LogP contribution is 2.24. The number of alkyl carbamates (subject to hydrolysis) is 1. The zero-order valence-electron chi connectivity index (χ0n) is 19.9. The summed E-state index contributed by atoms with van der Waals surface area (Å²) in [5.74, 6) is -0.377. The van der Waals surface area contributed by atoms with Crippen LogP contribution < -0.4 is 21.2 Å². The molecule has 0 atom stereocenters. The minimum absolute atomic E-state index is 0.00169. The van der Waals surface area contributed by atoms with Crippen molar-refractivity contribution in [2.75, 3.05) is 5.32 Å². The van der Waals surface area contributed by atoms with E-state index in [4.69, 9.17) is 15.3 Å². The van der Waals surface area contributed by atoms with E-state index in [1.165, 1.54) is 11.0 Å². The summed E-state index contributed by atoms with van der Waals surface area (Å²) in [5.41, 5.74) is 7.93. The van der Waals surface area contributed by atoms with E-state index in [0.29, 0.717) is 11.0 Å². The van der Waals surface area contributed by atoms with Crippen molar-refractivity contribution in [3.05, 3.63) is 71.9 Å². The molecule has 0 unspecified atom stereocenters. The second-order valence-electron chi connectivity index (χ2n) is 8.72. The van der Waals surface area contributed by atoms with E-state index in [1.54, 1.807) is 12.1 Å². The van der Waals surface area contributed by atoms with Gasteiger partial charge in [0, 0.05) is 18.3 Å². The molecule has 1 aliphatic rings. The molecule has 0 bridgehead atoms. The number of primary amides is 1. The number of nitrogens with one attached hydrogen (secondary N) is 2. The molecule has 37 heavy (non-hydrogen) atoms. The average Bonchev–Trinajstić information content (AvgIpc) is 3.32. The number of aromatic nitrogens is 5. The van der Waals surface area contributed by atoms with Crippen molar-refractivity contribution in [1.82, 2.24) is 30.4 Å². The minimum Gasteiger partial charge on any atom is -0.445 e. The van der Waals surface area contributed by atoms with Gasteiger partial charge in [0.2, 0.25) is 0 Å². The summed E-state index contributed by atoms with van der Waals surface area (Å²) in [6, 6.07) is 16.8. The van der Waals surface area contributed by atoms with Gasteiger partial charge in [-0.1, -0.05) is 47.3 Å². The third-order valence-corrected chi connectivity index (χ3v) is 6.12. The molecule has 4 aromatic rings. The Kier molecular flexibility index (Phi) is 7.06. The predicted octanol–water partition coefficient (Wildman–Crippen LogP) is 2.81. The maximum Gasteiger partial charge on any atom is 0.407 e. The zero-order valence-corrected chi connectivity index (χ0v) is 19.9. The highest BCUT2D eigenvalue weighted by atomic mass is 16.7. The number of nitrogens with two attached hydrogens (primary N) is 1.